The molecular formula is C13H20FN3. The molecule has 1 atom stereocenters. The van der Waals surface area contributed by atoms with E-state index >= 15 is 0 Å². The van der Waals surface area contributed by atoms with Gasteiger partial charge in [0.1, 0.15) is 5.82 Å². The molecule has 0 amide bonds. The number of benzene rings is 1. The van der Waals surface area contributed by atoms with Gasteiger partial charge >= 0.3 is 0 Å². The maximum Gasteiger partial charge on any atom is 0.148 e. The van der Waals surface area contributed by atoms with Gasteiger partial charge in [-0.3, -0.25) is 0 Å². The highest BCUT2D eigenvalue weighted by molar-refractivity contribution is 5.66. The molecule has 2 rings (SSSR count). The molecule has 0 bridgehead atoms. The molecule has 1 aliphatic rings. The van der Waals surface area contributed by atoms with Crippen molar-refractivity contribution in [3.8, 4) is 0 Å². The second-order valence-electron chi connectivity index (χ2n) is 4.83. The number of hydrogen-bond acceptors (Lipinski definition) is 3. The second kappa shape index (κ2) is 5.36. The molecule has 1 heterocycles. The molecule has 1 fully saturated rings. The number of halogens is 1. The summed E-state index contributed by atoms with van der Waals surface area (Å²) in [5.74, 6) is 0.401. The number of nitrogen functional groups attached to an aromatic ring is 1. The summed E-state index contributed by atoms with van der Waals surface area (Å²) in [5, 5.41) is 3.21. The Kier molecular flexibility index (Phi) is 3.84. The summed E-state index contributed by atoms with van der Waals surface area (Å²) in [6, 6.07) is 4.88. The van der Waals surface area contributed by atoms with E-state index in [9.17, 15) is 4.39 Å². The van der Waals surface area contributed by atoms with E-state index < -0.39 is 0 Å². The summed E-state index contributed by atoms with van der Waals surface area (Å²) in [6.07, 6.45) is 2.37. The van der Waals surface area contributed by atoms with Crippen LogP contribution in [0.3, 0.4) is 0 Å². The maximum atomic E-state index is 13.2. The average molecular weight is 237 g/mol. The van der Waals surface area contributed by atoms with Crippen molar-refractivity contribution in [2.24, 2.45) is 5.92 Å². The van der Waals surface area contributed by atoms with E-state index in [0.717, 1.165) is 18.9 Å². The lowest BCUT2D eigenvalue weighted by Gasteiger charge is -2.13. The summed E-state index contributed by atoms with van der Waals surface area (Å²) >= 11 is 0. The molecule has 0 aromatic heterocycles. The summed E-state index contributed by atoms with van der Waals surface area (Å²) in [5.41, 5.74) is 6.58. The number of nitrogens with two attached hydrogens (primary N) is 1. The van der Waals surface area contributed by atoms with E-state index in [1.54, 1.807) is 6.07 Å². The van der Waals surface area contributed by atoms with Gasteiger partial charge in [-0.2, -0.15) is 0 Å². The van der Waals surface area contributed by atoms with Crippen LogP contribution in [0.4, 0.5) is 15.8 Å². The number of nitrogens with zero attached hydrogens (tertiary/aromatic N) is 1. The van der Waals surface area contributed by atoms with Gasteiger partial charge in [-0.25, -0.2) is 4.39 Å². The van der Waals surface area contributed by atoms with Crippen LogP contribution in [0.15, 0.2) is 18.2 Å². The van der Waals surface area contributed by atoms with Crippen LogP contribution in [0.25, 0.3) is 0 Å². The Bertz CT molecular complexity index is 381. The van der Waals surface area contributed by atoms with Crippen molar-refractivity contribution in [3.05, 3.63) is 24.0 Å². The molecule has 0 saturated carbocycles. The minimum Gasteiger partial charge on any atom is -0.395 e. The lowest BCUT2D eigenvalue weighted by Crippen LogP contribution is -2.16. The first-order valence-corrected chi connectivity index (χ1v) is 6.13. The number of para-hydroxylation sites is 1. The molecule has 94 valence electrons. The smallest absolute Gasteiger partial charge is 0.148 e. The molecule has 1 aromatic rings. The molecule has 0 spiro atoms. The Balaban J connectivity index is 1.80. The van der Waals surface area contributed by atoms with Crippen molar-refractivity contribution < 1.29 is 4.39 Å². The molecular weight excluding hydrogens is 217 g/mol. The zero-order chi connectivity index (χ0) is 12.3. The molecule has 0 radical (unpaired) electrons. The van der Waals surface area contributed by atoms with Crippen molar-refractivity contribution in [2.45, 2.75) is 12.8 Å². The zero-order valence-electron chi connectivity index (χ0n) is 10.2. The lowest BCUT2D eigenvalue weighted by molar-refractivity contribution is 0.390. The minimum atomic E-state index is -0.351. The number of rotatable bonds is 4. The fourth-order valence-electron chi connectivity index (χ4n) is 2.36. The minimum absolute atomic E-state index is 0.219. The summed E-state index contributed by atoms with van der Waals surface area (Å²) < 4.78 is 13.2. The first kappa shape index (κ1) is 12.2. The van der Waals surface area contributed by atoms with Crippen LogP contribution in [0.2, 0.25) is 0 Å². The predicted octanol–water partition coefficient (Wildman–Crippen LogP) is 2.16. The maximum absolute atomic E-state index is 13.2. The van der Waals surface area contributed by atoms with Gasteiger partial charge in [-0.05, 0) is 44.5 Å². The first-order valence-electron chi connectivity index (χ1n) is 6.13. The second-order valence-corrected chi connectivity index (χ2v) is 4.83. The van der Waals surface area contributed by atoms with Gasteiger partial charge in [-0.1, -0.05) is 6.07 Å². The van der Waals surface area contributed by atoms with Crippen LogP contribution < -0.4 is 11.1 Å². The zero-order valence-corrected chi connectivity index (χ0v) is 10.2. The fourth-order valence-corrected chi connectivity index (χ4v) is 2.36. The number of nitrogens with one attached hydrogen (secondary N) is 1. The van der Waals surface area contributed by atoms with Gasteiger partial charge in [0.25, 0.3) is 0 Å². The third-order valence-corrected chi connectivity index (χ3v) is 3.41. The molecule has 1 unspecified atom stereocenters. The highest BCUT2D eigenvalue weighted by Gasteiger charge is 2.18. The third kappa shape index (κ3) is 3.09. The molecule has 3 nitrogen and oxygen atoms in total. The molecule has 3 N–H and O–H groups in total. The van der Waals surface area contributed by atoms with Crippen LogP contribution >= 0.6 is 0 Å². The molecule has 1 aromatic carbocycles. The number of likely N-dealkylation sites (tertiary alicyclic amines) is 1. The van der Waals surface area contributed by atoms with Crippen molar-refractivity contribution >= 4 is 11.4 Å². The van der Waals surface area contributed by atoms with E-state index in [2.05, 4.69) is 17.3 Å². The molecule has 17 heavy (non-hydrogen) atoms. The molecule has 0 aliphatic carbocycles. The van der Waals surface area contributed by atoms with Crippen LogP contribution in [0.5, 0.6) is 0 Å². The monoisotopic (exact) mass is 237 g/mol. The van der Waals surface area contributed by atoms with E-state index in [1.807, 2.05) is 6.07 Å². The topological polar surface area (TPSA) is 41.3 Å². The third-order valence-electron chi connectivity index (χ3n) is 3.41. The molecule has 1 aliphatic heterocycles. The Morgan fingerprint density at radius 1 is 1.53 bits per heavy atom. The molecule has 4 heteroatoms. The Hall–Kier alpha value is -1.29. The average Bonchev–Trinajstić information content (AvgIpc) is 2.70. The van der Waals surface area contributed by atoms with E-state index in [4.69, 9.17) is 5.73 Å². The van der Waals surface area contributed by atoms with Gasteiger partial charge in [0.05, 0.1) is 11.4 Å². The SMILES string of the molecule is CN1CCC(CCNc2cccc(F)c2N)C1. The quantitative estimate of drug-likeness (QED) is 0.788. The number of anilines is 2. The van der Waals surface area contributed by atoms with E-state index in [1.165, 1.54) is 25.6 Å². The summed E-state index contributed by atoms with van der Waals surface area (Å²) in [4.78, 5) is 2.35. The van der Waals surface area contributed by atoms with Crippen LogP contribution in [0.1, 0.15) is 12.8 Å². The van der Waals surface area contributed by atoms with Crippen LogP contribution in [-0.2, 0) is 0 Å². The van der Waals surface area contributed by atoms with Gasteiger partial charge < -0.3 is 16.0 Å². The highest BCUT2D eigenvalue weighted by atomic mass is 19.1. The largest absolute Gasteiger partial charge is 0.395 e. The number of hydrogen-bond donors (Lipinski definition) is 2. The Labute approximate surface area is 102 Å². The summed E-state index contributed by atoms with van der Waals surface area (Å²) in [6.45, 7) is 3.21. The molecule has 1 saturated heterocycles. The van der Waals surface area contributed by atoms with Gasteiger partial charge in [-0.15, -0.1) is 0 Å². The van der Waals surface area contributed by atoms with Crippen LogP contribution in [0, 0.1) is 11.7 Å². The highest BCUT2D eigenvalue weighted by Crippen LogP contribution is 2.22. The Morgan fingerprint density at radius 3 is 3.06 bits per heavy atom. The standard InChI is InChI=1S/C13H20FN3/c1-17-8-6-10(9-17)5-7-16-12-4-2-3-11(14)13(12)15/h2-4,10,16H,5-9,15H2,1H3. The van der Waals surface area contributed by atoms with Crippen LogP contribution in [-0.4, -0.2) is 31.6 Å². The predicted molar refractivity (Wildman–Crippen MR) is 69.5 cm³/mol. The fraction of sp³-hybridized carbons (Fsp3) is 0.538. The Morgan fingerprint density at radius 2 is 2.35 bits per heavy atom. The van der Waals surface area contributed by atoms with Crippen molar-refractivity contribution in [1.29, 1.82) is 0 Å². The van der Waals surface area contributed by atoms with Gasteiger partial charge in [0, 0.05) is 13.1 Å². The van der Waals surface area contributed by atoms with Crippen molar-refractivity contribution in [1.82, 2.24) is 4.90 Å². The van der Waals surface area contributed by atoms with Gasteiger partial charge in [0.2, 0.25) is 0 Å². The van der Waals surface area contributed by atoms with Crippen molar-refractivity contribution in [3.63, 3.8) is 0 Å². The first-order chi connectivity index (χ1) is 8.16. The summed E-state index contributed by atoms with van der Waals surface area (Å²) in [7, 11) is 2.15. The van der Waals surface area contributed by atoms with E-state index in [-0.39, 0.29) is 11.5 Å². The van der Waals surface area contributed by atoms with Crippen molar-refractivity contribution in [2.75, 3.05) is 37.7 Å². The lowest BCUT2D eigenvalue weighted by atomic mass is 10.1. The van der Waals surface area contributed by atoms with Gasteiger partial charge in [0.15, 0.2) is 0 Å². The van der Waals surface area contributed by atoms with E-state index in [0.29, 0.717) is 5.69 Å². The normalized spacial score (nSPS) is 20.7.